The smallest absolute Gasteiger partial charge is 0.226 e. The van der Waals surface area contributed by atoms with Gasteiger partial charge in [0.2, 0.25) is 5.91 Å². The molecule has 3 aromatic rings. The maximum Gasteiger partial charge on any atom is 0.226 e. The maximum absolute atomic E-state index is 12.8. The fraction of sp³-hybridized carbons (Fsp3) is 0.320. The first-order valence-electron chi connectivity index (χ1n) is 11.0. The van der Waals surface area contributed by atoms with Gasteiger partial charge >= 0.3 is 0 Å². The van der Waals surface area contributed by atoms with Crippen LogP contribution in [0.4, 0.5) is 5.69 Å². The molecule has 3 N–H and O–H groups in total. The van der Waals surface area contributed by atoms with Crippen LogP contribution >= 0.6 is 12.2 Å². The average Bonchev–Trinajstić information content (AvgIpc) is 3.30. The molecule has 0 aliphatic carbocycles. The van der Waals surface area contributed by atoms with Gasteiger partial charge in [0, 0.05) is 36.2 Å². The Labute approximate surface area is 194 Å². The van der Waals surface area contributed by atoms with Crippen molar-refractivity contribution in [1.82, 2.24) is 20.2 Å². The second-order valence-electron chi connectivity index (χ2n) is 8.16. The lowest BCUT2D eigenvalue weighted by atomic mass is 9.96. The molecule has 3 heterocycles. The molecule has 32 heavy (non-hydrogen) atoms. The van der Waals surface area contributed by atoms with E-state index in [1.54, 1.807) is 6.20 Å². The van der Waals surface area contributed by atoms with E-state index >= 15 is 0 Å². The first kappa shape index (κ1) is 22.0. The molecule has 0 radical (unpaired) electrons. The molecule has 166 valence electrons. The summed E-state index contributed by atoms with van der Waals surface area (Å²) in [6, 6.07) is 15.9. The van der Waals surface area contributed by atoms with E-state index in [9.17, 15) is 4.79 Å². The van der Waals surface area contributed by atoms with Crippen LogP contribution in [0.5, 0.6) is 0 Å². The molecule has 2 unspecified atom stereocenters. The van der Waals surface area contributed by atoms with Crippen molar-refractivity contribution in [1.29, 1.82) is 0 Å². The summed E-state index contributed by atoms with van der Waals surface area (Å²) in [4.78, 5) is 22.9. The van der Waals surface area contributed by atoms with Gasteiger partial charge in [-0.25, -0.2) is 0 Å². The number of para-hydroxylation sites is 1. The van der Waals surface area contributed by atoms with Crippen molar-refractivity contribution >= 4 is 28.9 Å². The Bertz CT molecular complexity index is 1110. The SMILES string of the molecule is CCc1ccccc1NC(=O)CCN1C(=S)NC(c2ccccn2)C1c1cc(C)[nH]c1C. The summed E-state index contributed by atoms with van der Waals surface area (Å²) in [6.45, 7) is 6.73. The van der Waals surface area contributed by atoms with Crippen molar-refractivity contribution in [2.45, 2.75) is 45.7 Å². The number of carbonyl (C=O) groups is 1. The van der Waals surface area contributed by atoms with Crippen LogP contribution in [-0.2, 0) is 11.2 Å². The predicted octanol–water partition coefficient (Wildman–Crippen LogP) is 4.59. The van der Waals surface area contributed by atoms with Crippen molar-refractivity contribution < 1.29 is 4.79 Å². The average molecular weight is 448 g/mol. The number of nitrogens with zero attached hydrogens (tertiary/aromatic N) is 2. The van der Waals surface area contributed by atoms with Crippen molar-refractivity contribution in [3.63, 3.8) is 0 Å². The number of benzene rings is 1. The van der Waals surface area contributed by atoms with E-state index in [4.69, 9.17) is 12.2 Å². The molecule has 1 amide bonds. The van der Waals surface area contributed by atoms with Crippen LogP contribution in [0.1, 0.15) is 53.6 Å². The number of rotatable bonds is 7. The number of hydrogen-bond donors (Lipinski definition) is 3. The summed E-state index contributed by atoms with van der Waals surface area (Å²) in [7, 11) is 0. The van der Waals surface area contributed by atoms with E-state index in [0.29, 0.717) is 18.1 Å². The number of H-pyrrole nitrogens is 1. The minimum atomic E-state index is -0.0820. The summed E-state index contributed by atoms with van der Waals surface area (Å²) in [5, 5.41) is 7.16. The number of amides is 1. The monoisotopic (exact) mass is 447 g/mol. The van der Waals surface area contributed by atoms with Gasteiger partial charge in [-0.05, 0) is 67.9 Å². The van der Waals surface area contributed by atoms with Crippen molar-refractivity contribution in [3.8, 4) is 0 Å². The lowest BCUT2D eigenvalue weighted by molar-refractivity contribution is -0.116. The maximum atomic E-state index is 12.8. The third-order valence-corrected chi connectivity index (χ3v) is 6.31. The molecule has 1 aromatic carbocycles. The van der Waals surface area contributed by atoms with E-state index in [1.165, 1.54) is 5.56 Å². The third-order valence-electron chi connectivity index (χ3n) is 5.96. The molecule has 0 saturated carbocycles. The Morgan fingerprint density at radius 3 is 2.66 bits per heavy atom. The highest BCUT2D eigenvalue weighted by atomic mass is 32.1. The molecule has 1 aliphatic heterocycles. The summed E-state index contributed by atoms with van der Waals surface area (Å²) >= 11 is 5.71. The molecular formula is C25H29N5OS. The number of pyridine rings is 1. The minimum absolute atomic E-state index is 0.0179. The quantitative estimate of drug-likeness (QED) is 0.462. The standard InChI is InChI=1S/C25H29N5OS/c1-4-18-9-5-6-10-20(18)28-22(31)12-14-30-24(19-15-16(2)27-17(19)3)23(29-25(30)32)21-11-7-8-13-26-21/h5-11,13,15,23-24,27H,4,12,14H2,1-3H3,(H,28,31)(H,29,32). The van der Waals surface area contributed by atoms with Gasteiger partial charge in [0.15, 0.2) is 5.11 Å². The normalized spacial score (nSPS) is 18.0. The molecule has 2 aromatic heterocycles. The largest absolute Gasteiger partial charge is 0.362 e. The van der Waals surface area contributed by atoms with Crippen LogP contribution in [0, 0.1) is 13.8 Å². The van der Waals surface area contributed by atoms with Gasteiger partial charge in [-0.1, -0.05) is 31.2 Å². The van der Waals surface area contributed by atoms with Gasteiger partial charge in [0.25, 0.3) is 0 Å². The first-order chi connectivity index (χ1) is 15.5. The number of hydrogen-bond acceptors (Lipinski definition) is 3. The Morgan fingerprint density at radius 1 is 1.19 bits per heavy atom. The van der Waals surface area contributed by atoms with Gasteiger partial charge in [-0.2, -0.15) is 0 Å². The second-order valence-corrected chi connectivity index (χ2v) is 8.55. The summed E-state index contributed by atoms with van der Waals surface area (Å²) in [5.74, 6) is -0.0179. The van der Waals surface area contributed by atoms with E-state index in [1.807, 2.05) is 42.5 Å². The van der Waals surface area contributed by atoms with Crippen LogP contribution in [0.3, 0.4) is 0 Å². The number of aromatic amines is 1. The Kier molecular flexibility index (Phi) is 6.55. The first-order valence-corrected chi connectivity index (χ1v) is 11.4. The van der Waals surface area contributed by atoms with Crippen LogP contribution in [0.15, 0.2) is 54.7 Å². The fourth-order valence-electron chi connectivity index (χ4n) is 4.42. The molecule has 4 rings (SSSR count). The van der Waals surface area contributed by atoms with Gasteiger partial charge in [0.05, 0.1) is 17.8 Å². The van der Waals surface area contributed by atoms with E-state index < -0.39 is 0 Å². The fourth-order valence-corrected chi connectivity index (χ4v) is 4.75. The highest BCUT2D eigenvalue weighted by Gasteiger charge is 2.40. The molecule has 6 nitrogen and oxygen atoms in total. The van der Waals surface area contributed by atoms with E-state index in [2.05, 4.69) is 52.3 Å². The Morgan fingerprint density at radius 2 is 1.97 bits per heavy atom. The predicted molar refractivity (Wildman–Crippen MR) is 131 cm³/mol. The Balaban J connectivity index is 1.55. The number of aryl methyl sites for hydroxylation is 3. The molecule has 1 aliphatic rings. The number of thiocarbonyl (C=S) groups is 1. The van der Waals surface area contributed by atoms with Gasteiger partial charge < -0.3 is 20.5 Å². The minimum Gasteiger partial charge on any atom is -0.362 e. The molecular weight excluding hydrogens is 418 g/mol. The molecule has 1 fully saturated rings. The van der Waals surface area contributed by atoms with Crippen LogP contribution in [0.2, 0.25) is 0 Å². The zero-order valence-corrected chi connectivity index (χ0v) is 19.5. The lowest BCUT2D eigenvalue weighted by Crippen LogP contribution is -2.32. The Hall–Kier alpha value is -3.19. The van der Waals surface area contributed by atoms with Crippen molar-refractivity contribution in [2.24, 2.45) is 0 Å². The van der Waals surface area contributed by atoms with Gasteiger partial charge in [0.1, 0.15) is 0 Å². The van der Waals surface area contributed by atoms with Crippen LogP contribution < -0.4 is 10.6 Å². The summed E-state index contributed by atoms with van der Waals surface area (Å²) < 4.78 is 0. The van der Waals surface area contributed by atoms with E-state index in [0.717, 1.165) is 34.8 Å². The number of nitrogens with one attached hydrogen (secondary N) is 3. The molecule has 7 heteroatoms. The topological polar surface area (TPSA) is 73.1 Å². The molecule has 2 atom stereocenters. The van der Waals surface area contributed by atoms with E-state index in [-0.39, 0.29) is 18.0 Å². The number of carbonyl (C=O) groups excluding carboxylic acids is 1. The zero-order chi connectivity index (χ0) is 22.7. The highest BCUT2D eigenvalue weighted by Crippen LogP contribution is 2.40. The highest BCUT2D eigenvalue weighted by molar-refractivity contribution is 7.80. The molecule has 1 saturated heterocycles. The van der Waals surface area contributed by atoms with Crippen LogP contribution in [-0.4, -0.2) is 32.4 Å². The van der Waals surface area contributed by atoms with Gasteiger partial charge in [-0.15, -0.1) is 0 Å². The summed E-state index contributed by atoms with van der Waals surface area (Å²) in [6.07, 6.45) is 3.01. The lowest BCUT2D eigenvalue weighted by Gasteiger charge is -2.27. The van der Waals surface area contributed by atoms with Gasteiger partial charge in [-0.3, -0.25) is 9.78 Å². The van der Waals surface area contributed by atoms with Crippen LogP contribution in [0.25, 0.3) is 0 Å². The molecule has 0 spiro atoms. The number of anilines is 1. The number of aromatic nitrogens is 2. The third kappa shape index (κ3) is 4.53. The molecule has 0 bridgehead atoms. The zero-order valence-electron chi connectivity index (χ0n) is 18.7. The van der Waals surface area contributed by atoms with Crippen molar-refractivity contribution in [2.75, 3.05) is 11.9 Å². The van der Waals surface area contributed by atoms with Crippen molar-refractivity contribution in [3.05, 3.63) is 82.9 Å². The summed E-state index contributed by atoms with van der Waals surface area (Å²) in [5.41, 5.74) is 6.31. The second kappa shape index (κ2) is 9.53.